The van der Waals surface area contributed by atoms with Gasteiger partial charge in [0.15, 0.2) is 11.5 Å². The molecule has 0 aromatic heterocycles. The molecular weight excluding hydrogens is 414 g/mol. The fourth-order valence-corrected chi connectivity index (χ4v) is 4.44. The van der Waals surface area contributed by atoms with Gasteiger partial charge in [-0.25, -0.2) is 0 Å². The van der Waals surface area contributed by atoms with E-state index in [1.165, 1.54) is 0 Å². The third-order valence-electron chi connectivity index (χ3n) is 5.72. The molecule has 2 atom stereocenters. The summed E-state index contributed by atoms with van der Waals surface area (Å²) in [6.45, 7) is 6.72. The highest BCUT2D eigenvalue weighted by Gasteiger charge is 2.36. The van der Waals surface area contributed by atoms with Crippen LogP contribution in [-0.4, -0.2) is 48.8 Å². The van der Waals surface area contributed by atoms with E-state index >= 15 is 0 Å². The number of benzene rings is 2. The largest absolute Gasteiger partial charge is 0.454 e. The summed E-state index contributed by atoms with van der Waals surface area (Å²) in [6.07, 6.45) is 1.56. The van der Waals surface area contributed by atoms with E-state index in [4.69, 9.17) is 21.1 Å². The van der Waals surface area contributed by atoms with Crippen LogP contribution in [0.5, 0.6) is 11.5 Å². The molecule has 4 rings (SSSR count). The Morgan fingerprint density at radius 1 is 1.13 bits per heavy atom. The highest BCUT2D eigenvalue weighted by Crippen LogP contribution is 2.32. The zero-order valence-electron chi connectivity index (χ0n) is 18.1. The Kier molecular flexibility index (Phi) is 7.00. The molecule has 7 heteroatoms. The first kappa shape index (κ1) is 21.9. The van der Waals surface area contributed by atoms with Crippen LogP contribution >= 0.6 is 11.6 Å². The molecule has 2 heterocycles. The molecule has 0 bridgehead atoms. The first-order valence-corrected chi connectivity index (χ1v) is 11.3. The first-order chi connectivity index (χ1) is 15.0. The van der Waals surface area contributed by atoms with Crippen molar-refractivity contribution in [2.75, 3.05) is 19.9 Å². The summed E-state index contributed by atoms with van der Waals surface area (Å²) in [6, 6.07) is 14.3. The van der Waals surface area contributed by atoms with Crippen molar-refractivity contribution in [3.05, 3.63) is 58.6 Å². The van der Waals surface area contributed by atoms with Gasteiger partial charge in [-0.05, 0) is 48.2 Å². The van der Waals surface area contributed by atoms with Crippen LogP contribution in [-0.2, 0) is 17.8 Å². The molecule has 0 radical (unpaired) electrons. The number of nitrogens with one attached hydrogen (secondary N) is 2. The normalized spacial score (nSPS) is 20.4. The predicted octanol–water partition coefficient (Wildman–Crippen LogP) is 3.37. The Hall–Kier alpha value is -2.28. The lowest BCUT2D eigenvalue weighted by atomic mass is 10.1. The van der Waals surface area contributed by atoms with Gasteiger partial charge in [0.25, 0.3) is 0 Å². The van der Waals surface area contributed by atoms with Gasteiger partial charge in [0, 0.05) is 36.7 Å². The van der Waals surface area contributed by atoms with Crippen molar-refractivity contribution in [2.45, 2.75) is 51.4 Å². The molecule has 2 aromatic rings. The highest BCUT2D eigenvalue weighted by atomic mass is 35.5. The van der Waals surface area contributed by atoms with Crippen molar-refractivity contribution >= 4 is 17.5 Å². The standard InChI is InChI=1S/C24H30ClN3O3/c1-16(2)27-20-12-21(28(14-20)13-18-3-6-19(25)7-4-18)24(29)26-10-9-17-5-8-22-23(11-17)31-15-30-22/h3-8,11,16,20-21,27H,9-10,12-15H2,1-2H3,(H,26,29)/t20-,21-/m0/s1. The lowest BCUT2D eigenvalue weighted by Crippen LogP contribution is -2.43. The van der Waals surface area contributed by atoms with Crippen molar-refractivity contribution in [1.29, 1.82) is 0 Å². The Labute approximate surface area is 188 Å². The van der Waals surface area contributed by atoms with Crippen LogP contribution < -0.4 is 20.1 Å². The van der Waals surface area contributed by atoms with Crippen molar-refractivity contribution in [3.8, 4) is 11.5 Å². The summed E-state index contributed by atoms with van der Waals surface area (Å²) in [7, 11) is 0. The highest BCUT2D eigenvalue weighted by molar-refractivity contribution is 6.30. The molecule has 1 saturated heterocycles. The second kappa shape index (κ2) is 9.90. The maximum Gasteiger partial charge on any atom is 0.237 e. The summed E-state index contributed by atoms with van der Waals surface area (Å²) >= 11 is 6.02. The van der Waals surface area contributed by atoms with Crippen molar-refractivity contribution in [1.82, 2.24) is 15.5 Å². The van der Waals surface area contributed by atoms with Gasteiger partial charge in [-0.3, -0.25) is 9.69 Å². The number of hydrogen-bond acceptors (Lipinski definition) is 5. The van der Waals surface area contributed by atoms with Crippen molar-refractivity contribution < 1.29 is 14.3 Å². The molecule has 31 heavy (non-hydrogen) atoms. The molecule has 0 aliphatic carbocycles. The van der Waals surface area contributed by atoms with E-state index in [-0.39, 0.29) is 18.7 Å². The van der Waals surface area contributed by atoms with Gasteiger partial charge in [0.1, 0.15) is 0 Å². The summed E-state index contributed by atoms with van der Waals surface area (Å²) in [5.41, 5.74) is 2.28. The summed E-state index contributed by atoms with van der Waals surface area (Å²) in [4.78, 5) is 15.3. The van der Waals surface area contributed by atoms with E-state index in [0.717, 1.165) is 53.6 Å². The third kappa shape index (κ3) is 5.70. The van der Waals surface area contributed by atoms with Crippen LogP contribution in [0.3, 0.4) is 0 Å². The topological polar surface area (TPSA) is 62.8 Å². The maximum atomic E-state index is 13.1. The SMILES string of the molecule is CC(C)N[C@H]1C[C@@H](C(=O)NCCc2ccc3c(c2)OCO3)N(Cc2ccc(Cl)cc2)C1. The summed E-state index contributed by atoms with van der Waals surface area (Å²) < 4.78 is 10.8. The van der Waals surface area contributed by atoms with E-state index in [1.54, 1.807) is 0 Å². The van der Waals surface area contributed by atoms with Crippen LogP contribution in [0, 0.1) is 0 Å². The average molecular weight is 444 g/mol. The number of rotatable bonds is 8. The quantitative estimate of drug-likeness (QED) is 0.655. The van der Waals surface area contributed by atoms with Crippen LogP contribution in [0.25, 0.3) is 0 Å². The fourth-order valence-electron chi connectivity index (χ4n) is 4.31. The van der Waals surface area contributed by atoms with Gasteiger partial charge in [-0.2, -0.15) is 0 Å². The van der Waals surface area contributed by atoms with Crippen LogP contribution in [0.4, 0.5) is 0 Å². The van der Waals surface area contributed by atoms with Crippen molar-refractivity contribution in [2.24, 2.45) is 0 Å². The number of nitrogens with zero attached hydrogens (tertiary/aromatic N) is 1. The second-order valence-corrected chi connectivity index (χ2v) is 8.99. The third-order valence-corrected chi connectivity index (χ3v) is 5.98. The fraction of sp³-hybridized carbons (Fsp3) is 0.458. The van der Waals surface area contributed by atoms with Crippen LogP contribution in [0.2, 0.25) is 5.02 Å². The van der Waals surface area contributed by atoms with Gasteiger partial charge in [-0.1, -0.05) is 43.6 Å². The molecule has 0 saturated carbocycles. The molecule has 2 aliphatic heterocycles. The van der Waals surface area contributed by atoms with Gasteiger partial charge < -0.3 is 20.1 Å². The summed E-state index contributed by atoms with van der Waals surface area (Å²) in [5, 5.41) is 7.45. The lowest BCUT2D eigenvalue weighted by Gasteiger charge is -2.23. The van der Waals surface area contributed by atoms with Gasteiger partial charge in [-0.15, -0.1) is 0 Å². The molecule has 2 aliphatic rings. The van der Waals surface area contributed by atoms with E-state index in [0.29, 0.717) is 18.6 Å². The molecule has 2 N–H and O–H groups in total. The number of carbonyl (C=O) groups is 1. The molecule has 0 unspecified atom stereocenters. The Morgan fingerprint density at radius 3 is 2.65 bits per heavy atom. The molecular formula is C24H30ClN3O3. The zero-order valence-corrected chi connectivity index (χ0v) is 18.8. The minimum Gasteiger partial charge on any atom is -0.454 e. The predicted molar refractivity (Wildman–Crippen MR) is 122 cm³/mol. The van der Waals surface area contributed by atoms with E-state index in [2.05, 4.69) is 29.4 Å². The minimum atomic E-state index is -0.149. The first-order valence-electron chi connectivity index (χ1n) is 10.9. The molecule has 1 fully saturated rings. The smallest absolute Gasteiger partial charge is 0.237 e. The maximum absolute atomic E-state index is 13.1. The number of carbonyl (C=O) groups excluding carboxylic acids is 1. The number of likely N-dealkylation sites (tertiary alicyclic amines) is 1. The van der Waals surface area contributed by atoms with E-state index in [1.807, 2.05) is 42.5 Å². The number of ether oxygens (including phenoxy) is 2. The molecule has 166 valence electrons. The van der Waals surface area contributed by atoms with Crippen LogP contribution in [0.1, 0.15) is 31.4 Å². The Morgan fingerprint density at radius 2 is 1.87 bits per heavy atom. The molecule has 1 amide bonds. The van der Waals surface area contributed by atoms with Crippen LogP contribution in [0.15, 0.2) is 42.5 Å². The molecule has 6 nitrogen and oxygen atoms in total. The lowest BCUT2D eigenvalue weighted by molar-refractivity contribution is -0.125. The second-order valence-electron chi connectivity index (χ2n) is 8.55. The number of halogens is 1. The number of amides is 1. The van der Waals surface area contributed by atoms with Gasteiger partial charge >= 0.3 is 0 Å². The Balaban J connectivity index is 1.35. The zero-order chi connectivity index (χ0) is 21.8. The van der Waals surface area contributed by atoms with E-state index < -0.39 is 0 Å². The van der Waals surface area contributed by atoms with Gasteiger partial charge in [0.2, 0.25) is 12.7 Å². The Bertz CT molecular complexity index is 903. The number of fused-ring (bicyclic) bond motifs is 1. The minimum absolute atomic E-state index is 0.0859. The van der Waals surface area contributed by atoms with E-state index in [9.17, 15) is 4.79 Å². The molecule has 0 spiro atoms. The average Bonchev–Trinajstić information content (AvgIpc) is 3.35. The monoisotopic (exact) mass is 443 g/mol. The summed E-state index contributed by atoms with van der Waals surface area (Å²) in [5.74, 6) is 1.64. The van der Waals surface area contributed by atoms with Gasteiger partial charge in [0.05, 0.1) is 6.04 Å². The number of hydrogen-bond donors (Lipinski definition) is 2. The van der Waals surface area contributed by atoms with Crippen molar-refractivity contribution in [3.63, 3.8) is 0 Å². The molecule has 2 aromatic carbocycles.